The summed E-state index contributed by atoms with van der Waals surface area (Å²) in [5.41, 5.74) is 1.33. The average Bonchev–Trinajstić information content (AvgIpc) is 1.88. The third-order valence-electron chi connectivity index (χ3n) is 1.52. The van der Waals surface area contributed by atoms with E-state index in [9.17, 15) is 0 Å². The zero-order chi connectivity index (χ0) is 7.56. The Morgan fingerprint density at radius 3 is 2.27 bits per heavy atom. The molecule has 0 aliphatic heterocycles. The minimum atomic E-state index is 0. The summed E-state index contributed by atoms with van der Waals surface area (Å²) in [7, 11) is 0. The van der Waals surface area contributed by atoms with E-state index in [1.54, 1.807) is 0 Å². The van der Waals surface area contributed by atoms with Crippen molar-refractivity contribution in [3.05, 3.63) is 29.8 Å². The molecule has 0 unspecified atom stereocenters. The first-order valence-electron chi connectivity index (χ1n) is 3.47. The third kappa shape index (κ3) is 4.14. The second-order valence-corrected chi connectivity index (χ2v) is 3.20. The Bertz CT molecular complexity index is 221. The SMILES string of the molecule is CC(C)c1cccc([S-])c1.[Rb+]. The van der Waals surface area contributed by atoms with E-state index in [2.05, 4.69) is 26.0 Å². The molecule has 0 N–H and O–H groups in total. The maximum Gasteiger partial charge on any atom is 1.00 e. The molecule has 0 aliphatic rings. The summed E-state index contributed by atoms with van der Waals surface area (Å²) >= 11 is 5.02. The van der Waals surface area contributed by atoms with Gasteiger partial charge in [-0.25, -0.2) is 0 Å². The third-order valence-corrected chi connectivity index (χ3v) is 1.78. The van der Waals surface area contributed by atoms with Gasteiger partial charge < -0.3 is 12.6 Å². The normalized spacial score (nSPS) is 9.36. The Balaban J connectivity index is 0.000001000. The molecule has 0 atom stereocenters. The second kappa shape index (κ2) is 5.82. The van der Waals surface area contributed by atoms with Crippen LogP contribution in [0.2, 0.25) is 0 Å². The summed E-state index contributed by atoms with van der Waals surface area (Å²) in [6.45, 7) is 4.34. The Morgan fingerprint density at radius 1 is 1.27 bits per heavy atom. The first-order valence-corrected chi connectivity index (χ1v) is 3.88. The van der Waals surface area contributed by atoms with Gasteiger partial charge in [-0.2, -0.15) is 4.90 Å². The Morgan fingerprint density at radius 2 is 1.91 bits per heavy atom. The standard InChI is InChI=1S/C9H12S.Rb/c1-7(2)8-4-3-5-9(10)6-8;/h3-7,10H,1-2H3;/q;+1/p-1. The van der Waals surface area contributed by atoms with Gasteiger partial charge in [-0.15, -0.1) is 0 Å². The molecule has 0 saturated carbocycles. The molecule has 0 radical (unpaired) electrons. The molecule has 2 heteroatoms. The summed E-state index contributed by atoms with van der Waals surface area (Å²) < 4.78 is 0. The van der Waals surface area contributed by atoms with Crippen molar-refractivity contribution in [2.75, 3.05) is 0 Å². The van der Waals surface area contributed by atoms with Crippen molar-refractivity contribution in [3.63, 3.8) is 0 Å². The predicted octanol–water partition coefficient (Wildman–Crippen LogP) is -0.280. The van der Waals surface area contributed by atoms with Crippen LogP contribution in [0.3, 0.4) is 0 Å². The van der Waals surface area contributed by atoms with E-state index < -0.39 is 0 Å². The molecule has 0 amide bonds. The van der Waals surface area contributed by atoms with Crippen LogP contribution >= 0.6 is 0 Å². The van der Waals surface area contributed by atoms with Gasteiger partial charge in [0.25, 0.3) is 0 Å². The fourth-order valence-electron chi connectivity index (χ4n) is 0.874. The Labute approximate surface area is 123 Å². The van der Waals surface area contributed by atoms with Crippen molar-refractivity contribution in [1.29, 1.82) is 0 Å². The number of benzene rings is 1. The Hall–Kier alpha value is 1.25. The van der Waals surface area contributed by atoms with Gasteiger partial charge in [0.1, 0.15) is 0 Å². The van der Waals surface area contributed by atoms with Crippen molar-refractivity contribution in [2.24, 2.45) is 0 Å². The van der Waals surface area contributed by atoms with Gasteiger partial charge >= 0.3 is 58.2 Å². The fourth-order valence-corrected chi connectivity index (χ4v) is 1.09. The first-order chi connectivity index (χ1) is 4.70. The smallest absolute Gasteiger partial charge is 0.780 e. The molecule has 0 spiro atoms. The van der Waals surface area contributed by atoms with Crippen LogP contribution in [-0.4, -0.2) is 0 Å². The van der Waals surface area contributed by atoms with E-state index in [0.29, 0.717) is 5.92 Å². The summed E-state index contributed by atoms with van der Waals surface area (Å²) in [6.07, 6.45) is 0. The molecule has 0 heterocycles. The van der Waals surface area contributed by atoms with Gasteiger partial charge in [0.05, 0.1) is 0 Å². The van der Waals surface area contributed by atoms with Crippen LogP contribution in [0.1, 0.15) is 25.3 Å². The summed E-state index contributed by atoms with van der Waals surface area (Å²) in [4.78, 5) is 0.936. The largest absolute Gasteiger partial charge is 1.00 e. The van der Waals surface area contributed by atoms with Gasteiger partial charge in [0.15, 0.2) is 0 Å². The topological polar surface area (TPSA) is 0 Å². The van der Waals surface area contributed by atoms with Crippen molar-refractivity contribution >= 4 is 12.6 Å². The fraction of sp³-hybridized carbons (Fsp3) is 0.333. The number of hydrogen-bond donors (Lipinski definition) is 0. The molecular formula is C9H11RbS. The number of hydrogen-bond acceptors (Lipinski definition) is 1. The summed E-state index contributed by atoms with van der Waals surface area (Å²) in [5.74, 6) is 0.586. The van der Waals surface area contributed by atoms with Gasteiger partial charge in [-0.05, 0) is 11.5 Å². The molecule has 1 rings (SSSR count). The first kappa shape index (κ1) is 12.2. The molecule has 1 aromatic carbocycles. The molecule has 1 aromatic rings. The van der Waals surface area contributed by atoms with Gasteiger partial charge in [-0.3, -0.25) is 0 Å². The van der Waals surface area contributed by atoms with Crippen molar-refractivity contribution < 1.29 is 58.2 Å². The van der Waals surface area contributed by atoms with Crippen molar-refractivity contribution in [2.45, 2.75) is 24.7 Å². The molecule has 0 fully saturated rings. The van der Waals surface area contributed by atoms with Crippen LogP contribution < -0.4 is 58.2 Å². The van der Waals surface area contributed by atoms with Gasteiger partial charge in [0.2, 0.25) is 0 Å². The quantitative estimate of drug-likeness (QED) is 0.605. The monoisotopic (exact) mass is 236 g/mol. The van der Waals surface area contributed by atoms with Crippen LogP contribution in [0, 0.1) is 0 Å². The van der Waals surface area contributed by atoms with E-state index in [-0.39, 0.29) is 58.2 Å². The predicted molar refractivity (Wildman–Crippen MR) is 46.2 cm³/mol. The molecular weight excluding hydrogens is 226 g/mol. The number of rotatable bonds is 1. The Kier molecular flexibility index (Phi) is 6.48. The average molecular weight is 237 g/mol. The minimum Gasteiger partial charge on any atom is -0.780 e. The molecule has 0 aromatic heterocycles. The van der Waals surface area contributed by atoms with Crippen LogP contribution in [0.5, 0.6) is 0 Å². The molecule has 11 heavy (non-hydrogen) atoms. The summed E-state index contributed by atoms with van der Waals surface area (Å²) in [6, 6.07) is 8.12. The molecule has 54 valence electrons. The van der Waals surface area contributed by atoms with Crippen LogP contribution in [0.4, 0.5) is 0 Å². The van der Waals surface area contributed by atoms with E-state index in [1.165, 1.54) is 5.56 Å². The van der Waals surface area contributed by atoms with Gasteiger partial charge in [0, 0.05) is 0 Å². The summed E-state index contributed by atoms with van der Waals surface area (Å²) in [5, 5.41) is 0. The minimum absolute atomic E-state index is 0. The van der Waals surface area contributed by atoms with E-state index in [1.807, 2.05) is 12.1 Å². The zero-order valence-electron chi connectivity index (χ0n) is 7.29. The van der Waals surface area contributed by atoms with Gasteiger partial charge in [-0.1, -0.05) is 38.1 Å². The van der Waals surface area contributed by atoms with E-state index >= 15 is 0 Å². The maximum absolute atomic E-state index is 5.02. The van der Waals surface area contributed by atoms with Crippen LogP contribution in [0.25, 0.3) is 0 Å². The molecule has 0 saturated heterocycles. The second-order valence-electron chi connectivity index (χ2n) is 2.73. The van der Waals surface area contributed by atoms with E-state index in [0.717, 1.165) is 4.90 Å². The van der Waals surface area contributed by atoms with Crippen molar-refractivity contribution in [1.82, 2.24) is 0 Å². The zero-order valence-corrected chi connectivity index (χ0v) is 13.0. The molecule has 0 nitrogen and oxygen atoms in total. The van der Waals surface area contributed by atoms with E-state index in [4.69, 9.17) is 12.6 Å². The van der Waals surface area contributed by atoms with Crippen LogP contribution in [0.15, 0.2) is 29.2 Å². The van der Waals surface area contributed by atoms with Crippen LogP contribution in [-0.2, 0) is 12.6 Å². The molecule has 0 bridgehead atoms. The molecule has 0 aliphatic carbocycles. The maximum atomic E-state index is 5.02. The van der Waals surface area contributed by atoms with Crippen molar-refractivity contribution in [3.8, 4) is 0 Å².